The van der Waals surface area contributed by atoms with Gasteiger partial charge in [0.1, 0.15) is 5.69 Å². The van der Waals surface area contributed by atoms with Gasteiger partial charge in [0.15, 0.2) is 5.60 Å². The average Bonchev–Trinajstić information content (AvgIpc) is 2.67. The number of aromatic nitrogens is 1. The number of hydrogen-bond acceptors (Lipinski definition) is 2. The van der Waals surface area contributed by atoms with Gasteiger partial charge < -0.3 is 5.11 Å². The van der Waals surface area contributed by atoms with E-state index < -0.39 is 17.3 Å². The van der Waals surface area contributed by atoms with Crippen LogP contribution in [-0.4, -0.2) is 10.1 Å². The lowest BCUT2D eigenvalue weighted by atomic mass is 9.86. The molecule has 1 N–H and O–H groups in total. The summed E-state index contributed by atoms with van der Waals surface area (Å²) in [5.41, 5.74) is -1.35. The van der Waals surface area contributed by atoms with Gasteiger partial charge in [-0.2, -0.15) is 13.2 Å². The minimum Gasteiger partial charge on any atom is -0.373 e. The topological polar surface area (TPSA) is 33.1 Å². The second-order valence-corrected chi connectivity index (χ2v) is 6.07. The van der Waals surface area contributed by atoms with Gasteiger partial charge in [-0.1, -0.05) is 54.5 Å². The van der Waals surface area contributed by atoms with Gasteiger partial charge in [0, 0.05) is 12.6 Å². The predicted molar refractivity (Wildman–Crippen MR) is 96.6 cm³/mol. The Balaban J connectivity index is 2.06. The van der Waals surface area contributed by atoms with Gasteiger partial charge in [0.05, 0.1) is 5.56 Å². The summed E-state index contributed by atoms with van der Waals surface area (Å²) in [4.78, 5) is 4.07. The van der Waals surface area contributed by atoms with Crippen LogP contribution in [0.3, 0.4) is 0 Å². The maximum absolute atomic E-state index is 13.1. The summed E-state index contributed by atoms with van der Waals surface area (Å²) >= 11 is 0. The Morgan fingerprint density at radius 1 is 0.852 bits per heavy atom. The first-order chi connectivity index (χ1) is 12.9. The van der Waals surface area contributed by atoms with E-state index in [1.54, 1.807) is 48.7 Å². The van der Waals surface area contributed by atoms with Crippen molar-refractivity contribution in [1.29, 1.82) is 0 Å². The van der Waals surface area contributed by atoms with Crippen molar-refractivity contribution in [1.82, 2.24) is 4.98 Å². The summed E-state index contributed by atoms with van der Waals surface area (Å²) < 4.78 is 39.3. The van der Waals surface area contributed by atoms with Crippen LogP contribution in [0.25, 0.3) is 0 Å². The monoisotopic (exact) mass is 367 g/mol. The van der Waals surface area contributed by atoms with Crippen molar-refractivity contribution in [3.8, 4) is 11.8 Å². The number of halogens is 3. The molecule has 0 aliphatic rings. The third-order valence-corrected chi connectivity index (χ3v) is 4.03. The van der Waals surface area contributed by atoms with Gasteiger partial charge in [0.25, 0.3) is 0 Å². The van der Waals surface area contributed by atoms with E-state index in [4.69, 9.17) is 0 Å². The van der Waals surface area contributed by atoms with Gasteiger partial charge in [-0.15, -0.1) is 0 Å². The minimum absolute atomic E-state index is 0.0506. The van der Waals surface area contributed by atoms with Gasteiger partial charge in [0.2, 0.25) is 0 Å². The molecule has 136 valence electrons. The number of aliphatic hydroxyl groups is 1. The van der Waals surface area contributed by atoms with Crippen molar-refractivity contribution in [3.05, 3.63) is 101 Å². The average molecular weight is 367 g/mol. The first kappa shape index (κ1) is 18.7. The normalized spacial score (nSPS) is 13.3. The maximum Gasteiger partial charge on any atom is 0.416 e. The van der Waals surface area contributed by atoms with Crippen LogP contribution in [0.4, 0.5) is 13.2 Å². The molecule has 1 atom stereocenters. The smallest absolute Gasteiger partial charge is 0.373 e. The maximum atomic E-state index is 13.1. The summed E-state index contributed by atoms with van der Waals surface area (Å²) in [6, 6.07) is 18.8. The highest BCUT2D eigenvalue weighted by molar-refractivity contribution is 5.41. The molecular weight excluding hydrogens is 351 g/mol. The highest BCUT2D eigenvalue weighted by atomic mass is 19.4. The van der Waals surface area contributed by atoms with Crippen molar-refractivity contribution in [2.45, 2.75) is 18.2 Å². The van der Waals surface area contributed by atoms with Crippen molar-refractivity contribution < 1.29 is 18.3 Å². The Kier molecular flexibility index (Phi) is 5.29. The first-order valence-corrected chi connectivity index (χ1v) is 8.25. The summed E-state index contributed by atoms with van der Waals surface area (Å²) in [5.74, 6) is 5.50. The molecule has 0 radical (unpaired) electrons. The van der Waals surface area contributed by atoms with Crippen LogP contribution < -0.4 is 0 Å². The molecule has 0 fully saturated rings. The van der Waals surface area contributed by atoms with Crippen molar-refractivity contribution in [2.75, 3.05) is 0 Å². The molecular formula is C22H16F3NO. The van der Waals surface area contributed by atoms with Crippen molar-refractivity contribution in [3.63, 3.8) is 0 Å². The Labute approximate surface area is 155 Å². The molecule has 0 saturated heterocycles. The van der Waals surface area contributed by atoms with Crippen LogP contribution in [0.2, 0.25) is 0 Å². The second kappa shape index (κ2) is 7.65. The van der Waals surface area contributed by atoms with Crippen LogP contribution in [0.1, 0.15) is 22.4 Å². The van der Waals surface area contributed by atoms with E-state index in [1.807, 2.05) is 6.07 Å². The molecule has 0 aliphatic carbocycles. The first-order valence-electron chi connectivity index (χ1n) is 8.25. The zero-order valence-corrected chi connectivity index (χ0v) is 14.2. The quantitative estimate of drug-likeness (QED) is 0.688. The molecule has 2 nitrogen and oxygen atoms in total. The lowest BCUT2D eigenvalue weighted by Gasteiger charge is -2.24. The summed E-state index contributed by atoms with van der Waals surface area (Å²) in [6.45, 7) is 0. The number of alkyl halides is 3. The van der Waals surface area contributed by atoms with Crippen molar-refractivity contribution >= 4 is 0 Å². The number of pyridine rings is 1. The molecule has 1 heterocycles. The van der Waals surface area contributed by atoms with E-state index in [0.29, 0.717) is 5.69 Å². The zero-order valence-electron chi connectivity index (χ0n) is 14.2. The molecule has 2 aromatic carbocycles. The van der Waals surface area contributed by atoms with Gasteiger partial charge in [-0.05, 0) is 41.3 Å². The van der Waals surface area contributed by atoms with Crippen LogP contribution >= 0.6 is 0 Å². The van der Waals surface area contributed by atoms with Gasteiger partial charge >= 0.3 is 6.18 Å². The van der Waals surface area contributed by atoms with Crippen LogP contribution in [0.5, 0.6) is 0 Å². The zero-order chi connectivity index (χ0) is 19.3. The standard InChI is InChI=1S/C22H16F3NO/c23-22(24,25)19-10-6-9-18(15-19)21(27,16-17-7-2-1-3-8-17)13-12-20-11-4-5-14-26-20/h1-11,14-15,27H,16H2. The third kappa shape index (κ3) is 4.75. The highest BCUT2D eigenvalue weighted by Crippen LogP contribution is 2.33. The van der Waals surface area contributed by atoms with Crippen LogP contribution in [-0.2, 0) is 18.2 Å². The lowest BCUT2D eigenvalue weighted by Crippen LogP contribution is -2.27. The van der Waals surface area contributed by atoms with E-state index >= 15 is 0 Å². The van der Waals surface area contributed by atoms with Gasteiger partial charge in [-0.25, -0.2) is 4.98 Å². The second-order valence-electron chi connectivity index (χ2n) is 6.07. The Morgan fingerprint density at radius 2 is 1.56 bits per heavy atom. The molecule has 0 aliphatic heterocycles. The predicted octanol–water partition coefficient (Wildman–Crippen LogP) is 4.58. The van der Waals surface area contributed by atoms with E-state index in [9.17, 15) is 18.3 Å². The molecule has 0 amide bonds. The molecule has 3 aromatic rings. The van der Waals surface area contributed by atoms with E-state index in [-0.39, 0.29) is 12.0 Å². The fourth-order valence-electron chi connectivity index (χ4n) is 2.67. The SMILES string of the molecule is OC(C#Cc1ccccn1)(Cc1ccccc1)c1cccc(C(F)(F)F)c1. The Morgan fingerprint density at radius 3 is 2.22 bits per heavy atom. The molecule has 3 rings (SSSR count). The minimum atomic E-state index is -4.50. The number of nitrogens with zero attached hydrogens (tertiary/aromatic N) is 1. The van der Waals surface area contributed by atoms with Crippen LogP contribution in [0, 0.1) is 11.8 Å². The fourth-order valence-corrected chi connectivity index (χ4v) is 2.67. The summed E-state index contributed by atoms with van der Waals surface area (Å²) in [5, 5.41) is 11.2. The Bertz CT molecular complexity index is 959. The highest BCUT2D eigenvalue weighted by Gasteiger charge is 2.34. The molecule has 1 aromatic heterocycles. The molecule has 1 unspecified atom stereocenters. The molecule has 0 spiro atoms. The molecule has 0 bridgehead atoms. The number of hydrogen-bond donors (Lipinski definition) is 1. The summed E-state index contributed by atoms with van der Waals surface area (Å²) in [6.07, 6.45) is -2.89. The molecule has 5 heteroatoms. The van der Waals surface area contributed by atoms with Crippen molar-refractivity contribution in [2.24, 2.45) is 0 Å². The molecule has 27 heavy (non-hydrogen) atoms. The number of benzene rings is 2. The van der Waals surface area contributed by atoms with E-state index in [1.165, 1.54) is 12.1 Å². The number of rotatable bonds is 3. The largest absolute Gasteiger partial charge is 0.416 e. The Hall–Kier alpha value is -3.10. The summed E-state index contributed by atoms with van der Waals surface area (Å²) in [7, 11) is 0. The van der Waals surface area contributed by atoms with Gasteiger partial charge in [-0.3, -0.25) is 0 Å². The van der Waals surface area contributed by atoms with Crippen LogP contribution in [0.15, 0.2) is 79.0 Å². The van der Waals surface area contributed by atoms with E-state index in [0.717, 1.165) is 17.7 Å². The lowest BCUT2D eigenvalue weighted by molar-refractivity contribution is -0.137. The fraction of sp³-hybridized carbons (Fsp3) is 0.136. The third-order valence-electron chi connectivity index (χ3n) is 4.03. The molecule has 0 saturated carbocycles. The van der Waals surface area contributed by atoms with E-state index in [2.05, 4.69) is 16.8 Å².